The maximum absolute atomic E-state index is 5.49. The molecule has 0 unspecified atom stereocenters. The highest BCUT2D eigenvalue weighted by Gasteiger charge is 2.01. The fourth-order valence-electron chi connectivity index (χ4n) is 4.12. The van der Waals surface area contributed by atoms with Crippen molar-refractivity contribution in [3.63, 3.8) is 0 Å². The number of ether oxygens (including phenoxy) is 3. The molecule has 0 aromatic rings. The van der Waals surface area contributed by atoms with E-state index in [9.17, 15) is 0 Å². The summed E-state index contributed by atoms with van der Waals surface area (Å²) in [6.45, 7) is 20.0. The minimum atomic E-state index is 0.616. The first kappa shape index (κ1) is 68.7. The topological polar surface area (TPSA) is 358 Å². The van der Waals surface area contributed by atoms with Crippen LogP contribution in [0, 0.1) is 0 Å². The van der Waals surface area contributed by atoms with E-state index in [4.69, 9.17) is 83.0 Å². The molecule has 0 spiro atoms. The van der Waals surface area contributed by atoms with Crippen molar-refractivity contribution < 1.29 is 14.2 Å². The lowest BCUT2D eigenvalue weighted by atomic mass is 10.2. The Kier molecular flexibility index (Phi) is 92.4. The molecule has 57 heavy (non-hydrogen) atoms. The third-order valence-electron chi connectivity index (χ3n) is 7.04. The van der Waals surface area contributed by atoms with Crippen molar-refractivity contribution >= 4 is 25.3 Å². The number of nitrogens with two attached hydrogens (primary N) is 12. The SMILES string of the molecule is NCCCCCCN.NCCCCCN(CCN)CCN.NCCCOCCOCCOCCCN.NCCN(CCN)CCN.NCCNCCN.SCCS. The van der Waals surface area contributed by atoms with Crippen molar-refractivity contribution in [3.8, 4) is 0 Å². The van der Waals surface area contributed by atoms with Crippen molar-refractivity contribution in [3.05, 3.63) is 0 Å². The van der Waals surface area contributed by atoms with Gasteiger partial charge in [-0.05, 0) is 89.3 Å². The molecule has 0 saturated heterocycles. The molecule has 20 heteroatoms. The van der Waals surface area contributed by atoms with Crippen LogP contribution in [0.15, 0.2) is 0 Å². The zero-order valence-corrected chi connectivity index (χ0v) is 38.4. The second-order valence-corrected chi connectivity index (χ2v) is 13.3. The van der Waals surface area contributed by atoms with Gasteiger partial charge in [-0.2, -0.15) is 25.3 Å². The summed E-state index contributed by atoms with van der Waals surface area (Å²) in [6, 6.07) is 0. The van der Waals surface area contributed by atoms with Gasteiger partial charge in [0, 0.05) is 105 Å². The number of rotatable bonds is 37. The normalized spacial score (nSPS) is 10.3. The fourth-order valence-corrected chi connectivity index (χ4v) is 4.12. The van der Waals surface area contributed by atoms with Crippen LogP contribution in [0.2, 0.25) is 0 Å². The van der Waals surface area contributed by atoms with E-state index in [2.05, 4.69) is 40.4 Å². The Morgan fingerprint density at radius 3 is 0.842 bits per heavy atom. The standard InChI is InChI=1S/C10H24N2O3.C9H24N4.C6H18N4.C6H16N2.C4H13N3.C2H6S2/c11-3-1-5-13-7-9-15-10-8-14-6-2-4-12;10-4-2-1-3-7-13(8-5-11)9-6-12;7-1-4-10(5-2-8)6-3-9;7-5-3-1-2-4-6-8;5-1-3-7-4-2-6;3-1-2-4/h1-12H2;1-12H2;1-9H2;1-8H2;7H,1-6H2;3-4H,1-2H2. The molecule has 25 N–H and O–H groups in total. The van der Waals surface area contributed by atoms with Gasteiger partial charge >= 0.3 is 0 Å². The highest BCUT2D eigenvalue weighted by molar-refractivity contribution is 7.84. The maximum atomic E-state index is 5.49. The van der Waals surface area contributed by atoms with Crippen molar-refractivity contribution in [2.75, 3.05) is 182 Å². The molecule has 0 saturated carbocycles. The first-order valence-electron chi connectivity index (χ1n) is 21.4. The van der Waals surface area contributed by atoms with Crippen LogP contribution in [0.25, 0.3) is 0 Å². The number of nitrogens with zero attached hydrogens (tertiary/aromatic N) is 2. The van der Waals surface area contributed by atoms with E-state index in [-0.39, 0.29) is 0 Å². The van der Waals surface area contributed by atoms with Crippen LogP contribution in [0.3, 0.4) is 0 Å². The number of hydrogen-bond donors (Lipinski definition) is 15. The zero-order valence-electron chi connectivity index (χ0n) is 36.6. The van der Waals surface area contributed by atoms with E-state index >= 15 is 0 Å². The summed E-state index contributed by atoms with van der Waals surface area (Å²) in [4.78, 5) is 4.48. The molecule has 0 aliphatic rings. The van der Waals surface area contributed by atoms with E-state index in [1.165, 1.54) is 25.7 Å². The minimum Gasteiger partial charge on any atom is -0.379 e. The third kappa shape index (κ3) is 88.3. The van der Waals surface area contributed by atoms with Gasteiger partial charge in [-0.15, -0.1) is 0 Å². The number of thiol groups is 2. The Labute approximate surface area is 362 Å². The van der Waals surface area contributed by atoms with Gasteiger partial charge in [0.05, 0.1) is 26.4 Å². The smallest absolute Gasteiger partial charge is 0.0701 e. The van der Waals surface area contributed by atoms with Crippen LogP contribution in [0.5, 0.6) is 0 Å². The van der Waals surface area contributed by atoms with Gasteiger partial charge in [-0.3, -0.25) is 4.90 Å². The van der Waals surface area contributed by atoms with Crippen LogP contribution in [-0.2, 0) is 14.2 Å². The van der Waals surface area contributed by atoms with Gasteiger partial charge in [-0.25, -0.2) is 0 Å². The van der Waals surface area contributed by atoms with Crippen molar-refractivity contribution in [1.29, 1.82) is 0 Å². The first-order valence-corrected chi connectivity index (χ1v) is 22.6. The minimum absolute atomic E-state index is 0.616. The third-order valence-corrected chi connectivity index (χ3v) is 7.84. The molecule has 0 aromatic carbocycles. The van der Waals surface area contributed by atoms with Gasteiger partial charge in [-0.1, -0.05) is 19.3 Å². The summed E-state index contributed by atoms with van der Waals surface area (Å²) in [6.07, 6.45) is 10.1. The second kappa shape index (κ2) is 76.7. The molecular formula is C37H101N15O3S2. The lowest BCUT2D eigenvalue weighted by Crippen LogP contribution is -2.37. The lowest BCUT2D eigenvalue weighted by molar-refractivity contribution is 0.0143. The van der Waals surface area contributed by atoms with Gasteiger partial charge in [0.2, 0.25) is 0 Å². The Bertz CT molecular complexity index is 552. The van der Waals surface area contributed by atoms with E-state index in [0.717, 1.165) is 129 Å². The molecule has 0 atom stereocenters. The summed E-state index contributed by atoms with van der Waals surface area (Å²) in [5, 5.41) is 3.03. The summed E-state index contributed by atoms with van der Waals surface area (Å²) >= 11 is 7.69. The van der Waals surface area contributed by atoms with Crippen LogP contribution < -0.4 is 74.1 Å². The van der Waals surface area contributed by atoms with Crippen LogP contribution >= 0.6 is 25.3 Å². The highest BCUT2D eigenvalue weighted by Crippen LogP contribution is 1.97. The summed E-state index contributed by atoms with van der Waals surface area (Å²) in [7, 11) is 0. The molecular weight excluding hydrogens is 767 g/mol. The van der Waals surface area contributed by atoms with E-state index in [1.807, 2.05) is 0 Å². The Morgan fingerprint density at radius 1 is 0.298 bits per heavy atom. The average molecular weight is 868 g/mol. The fraction of sp³-hybridized carbons (Fsp3) is 1.00. The largest absolute Gasteiger partial charge is 0.379 e. The molecule has 0 amide bonds. The van der Waals surface area contributed by atoms with Gasteiger partial charge in [0.1, 0.15) is 0 Å². The number of hydrogen-bond acceptors (Lipinski definition) is 20. The Hall–Kier alpha value is -0.0200. The molecule has 0 bridgehead atoms. The van der Waals surface area contributed by atoms with Crippen molar-refractivity contribution in [2.45, 2.75) is 57.8 Å². The van der Waals surface area contributed by atoms with Crippen LogP contribution in [0.4, 0.5) is 0 Å². The molecule has 0 radical (unpaired) electrons. The second-order valence-electron chi connectivity index (χ2n) is 12.4. The predicted octanol–water partition coefficient (Wildman–Crippen LogP) is -2.96. The molecule has 18 nitrogen and oxygen atoms in total. The molecule has 0 aliphatic carbocycles. The predicted molar refractivity (Wildman–Crippen MR) is 256 cm³/mol. The van der Waals surface area contributed by atoms with E-state index in [0.29, 0.717) is 85.5 Å². The van der Waals surface area contributed by atoms with Crippen molar-refractivity contribution in [1.82, 2.24) is 15.1 Å². The Morgan fingerprint density at radius 2 is 0.579 bits per heavy atom. The van der Waals surface area contributed by atoms with Gasteiger partial charge in [0.15, 0.2) is 0 Å². The summed E-state index contributed by atoms with van der Waals surface area (Å²) in [5.41, 5.74) is 64.0. The van der Waals surface area contributed by atoms with Crippen molar-refractivity contribution in [2.24, 2.45) is 68.8 Å². The zero-order chi connectivity index (χ0) is 44.1. The Balaban J connectivity index is -0.000000142. The molecule has 0 fully saturated rings. The quantitative estimate of drug-likeness (QED) is 0.0219. The average Bonchev–Trinajstić information content (AvgIpc) is 3.22. The molecule has 354 valence electrons. The summed E-state index contributed by atoms with van der Waals surface area (Å²) < 4.78 is 15.8. The summed E-state index contributed by atoms with van der Waals surface area (Å²) in [5.74, 6) is 1.76. The van der Waals surface area contributed by atoms with Gasteiger partial charge < -0.3 is 93.2 Å². The van der Waals surface area contributed by atoms with E-state index < -0.39 is 0 Å². The van der Waals surface area contributed by atoms with Crippen LogP contribution in [-0.4, -0.2) is 192 Å². The molecule has 0 heterocycles. The van der Waals surface area contributed by atoms with Gasteiger partial charge in [0.25, 0.3) is 0 Å². The van der Waals surface area contributed by atoms with E-state index in [1.54, 1.807) is 0 Å². The lowest BCUT2D eigenvalue weighted by Gasteiger charge is -2.20. The highest BCUT2D eigenvalue weighted by atomic mass is 32.1. The monoisotopic (exact) mass is 868 g/mol. The first-order chi connectivity index (χ1) is 27.8. The van der Waals surface area contributed by atoms with Crippen LogP contribution in [0.1, 0.15) is 57.8 Å². The number of unbranched alkanes of at least 4 members (excludes halogenated alkanes) is 5. The molecule has 0 aromatic heterocycles. The molecule has 0 aliphatic heterocycles. The maximum Gasteiger partial charge on any atom is 0.0701 e. The number of nitrogens with one attached hydrogen (secondary N) is 1. The molecule has 0 rings (SSSR count).